The molecule has 3 radical (unpaired) electrons. The fourth-order valence-corrected chi connectivity index (χ4v) is 0.451. The molecule has 0 aliphatic heterocycles. The maximum atomic E-state index is 9.79. The summed E-state index contributed by atoms with van der Waals surface area (Å²) < 4.78 is 12.3. The number of nitrogens with two attached hydrogens (primary N) is 2. The Morgan fingerprint density at radius 1 is 1.44 bits per heavy atom. The molecule has 8 heteroatoms. The van der Waals surface area contributed by atoms with Gasteiger partial charge < -0.3 is 21.3 Å². The monoisotopic (exact) mass is 150 g/mol. The van der Waals surface area contributed by atoms with Crippen molar-refractivity contribution in [2.24, 2.45) is 16.2 Å². The Bertz CT molecular complexity index is 147. The minimum Gasteiger partial charge on any atom is -0.370 e. The van der Waals surface area contributed by atoms with Crippen LogP contribution in [0.5, 0.6) is 0 Å². The Balaban J connectivity index is 0. The Labute approximate surface area is 53.7 Å². The van der Waals surface area contributed by atoms with E-state index in [2.05, 4.69) is 16.2 Å². The van der Waals surface area contributed by atoms with Crippen molar-refractivity contribution in [3.8, 4) is 0 Å². The molecular formula is CH6BN3O3P. The predicted octanol–water partition coefficient (Wildman–Crippen LogP) is -2.03. The fourth-order valence-electron chi connectivity index (χ4n) is 0.150. The average Bonchev–Trinajstić information content (AvgIpc) is 1.21. The first-order chi connectivity index (χ1) is 3.42. The van der Waals surface area contributed by atoms with Crippen LogP contribution in [0.3, 0.4) is 0 Å². The lowest BCUT2D eigenvalue weighted by atomic mass is 10.8. The van der Waals surface area contributed by atoms with Gasteiger partial charge in [0.05, 0.1) is 0 Å². The van der Waals surface area contributed by atoms with Gasteiger partial charge in [0, 0.05) is 8.41 Å². The number of rotatable bonds is 1. The average molecular weight is 150 g/mol. The van der Waals surface area contributed by atoms with Crippen LogP contribution >= 0.6 is 7.75 Å². The Morgan fingerprint density at radius 3 is 1.78 bits per heavy atom. The van der Waals surface area contributed by atoms with Crippen molar-refractivity contribution in [3.63, 3.8) is 0 Å². The highest BCUT2D eigenvalue weighted by atomic mass is 31.2. The Hall–Kier alpha value is -0.515. The van der Waals surface area contributed by atoms with Gasteiger partial charge >= 0.3 is 7.75 Å². The minimum atomic E-state index is -4.38. The first kappa shape index (κ1) is 11.3. The van der Waals surface area contributed by atoms with E-state index in [1.54, 1.807) is 0 Å². The van der Waals surface area contributed by atoms with Crippen LogP contribution in [0.1, 0.15) is 0 Å². The molecule has 0 atom stereocenters. The van der Waals surface area contributed by atoms with Gasteiger partial charge in [-0.1, -0.05) is 0 Å². The van der Waals surface area contributed by atoms with Crippen LogP contribution in [-0.4, -0.2) is 24.2 Å². The maximum absolute atomic E-state index is 9.79. The molecule has 0 spiro atoms. The summed E-state index contributed by atoms with van der Waals surface area (Å²) in [5.41, 5.74) is 9.23. The van der Waals surface area contributed by atoms with Crippen LogP contribution in [0.25, 0.3) is 0 Å². The molecule has 0 rings (SSSR count). The topological polar surface area (TPSA) is 122 Å². The lowest BCUT2D eigenvalue weighted by molar-refractivity contribution is 0.375. The van der Waals surface area contributed by atoms with Crippen LogP contribution in [0.4, 0.5) is 0 Å². The molecule has 0 aromatic carbocycles. The van der Waals surface area contributed by atoms with E-state index in [1.807, 2.05) is 0 Å². The van der Waals surface area contributed by atoms with Crippen molar-refractivity contribution in [2.75, 3.05) is 0 Å². The molecule has 0 unspecified atom stereocenters. The van der Waals surface area contributed by atoms with Gasteiger partial charge in [0.25, 0.3) is 0 Å². The van der Waals surface area contributed by atoms with Crippen molar-refractivity contribution >= 4 is 22.1 Å². The first-order valence-electron chi connectivity index (χ1n) is 1.58. The first-order valence-corrected chi connectivity index (χ1v) is 3.15. The number of hydrogen-bond acceptors (Lipinski definition) is 1. The van der Waals surface area contributed by atoms with Gasteiger partial charge in [-0.2, -0.15) is 0 Å². The van der Waals surface area contributed by atoms with Crippen molar-refractivity contribution in [2.45, 2.75) is 0 Å². The van der Waals surface area contributed by atoms with E-state index in [0.717, 1.165) is 0 Å². The summed E-state index contributed by atoms with van der Waals surface area (Å²) in [5, 5.41) is 0. The summed E-state index contributed by atoms with van der Waals surface area (Å²) in [6, 6.07) is 0. The fraction of sp³-hybridized carbons (Fsp3) is 0. The molecule has 51 valence electrons. The van der Waals surface area contributed by atoms with E-state index >= 15 is 0 Å². The number of hydrogen-bond donors (Lipinski definition) is 4. The molecule has 0 fully saturated rings. The van der Waals surface area contributed by atoms with E-state index < -0.39 is 13.7 Å². The van der Waals surface area contributed by atoms with Gasteiger partial charge in [-0.15, -0.1) is 4.76 Å². The van der Waals surface area contributed by atoms with E-state index in [9.17, 15) is 4.57 Å². The van der Waals surface area contributed by atoms with Crippen LogP contribution in [0.15, 0.2) is 4.76 Å². The van der Waals surface area contributed by atoms with E-state index in [0.29, 0.717) is 0 Å². The predicted molar refractivity (Wildman–Crippen MR) is 33.6 cm³/mol. The second kappa shape index (κ2) is 3.50. The molecule has 0 saturated carbocycles. The largest absolute Gasteiger partial charge is 0.451 e. The Kier molecular flexibility index (Phi) is 4.39. The van der Waals surface area contributed by atoms with Crippen LogP contribution in [0, 0.1) is 0 Å². The van der Waals surface area contributed by atoms with Crippen LogP contribution in [-0.2, 0) is 4.57 Å². The summed E-state index contributed by atoms with van der Waals surface area (Å²) in [4.78, 5) is 15.9. The highest BCUT2D eigenvalue weighted by Gasteiger charge is 2.08. The molecule has 9 heavy (non-hydrogen) atoms. The van der Waals surface area contributed by atoms with Crippen LogP contribution < -0.4 is 11.5 Å². The standard InChI is InChI=1S/CH6N3O3P.B/c2-1(3)4-8(5,6)7;/h(H6,2,3,4,5,6,7);. The van der Waals surface area contributed by atoms with Gasteiger partial charge in [-0.3, -0.25) is 0 Å². The minimum absolute atomic E-state index is 0. The molecule has 0 aliphatic rings. The van der Waals surface area contributed by atoms with Crippen LogP contribution in [0.2, 0.25) is 0 Å². The van der Waals surface area contributed by atoms with Gasteiger partial charge in [-0.05, 0) is 0 Å². The van der Waals surface area contributed by atoms with Crippen molar-refractivity contribution in [1.29, 1.82) is 0 Å². The second-order valence-corrected chi connectivity index (χ2v) is 2.26. The second-order valence-electron chi connectivity index (χ2n) is 1.04. The number of guanidine groups is 1. The molecule has 6 N–H and O–H groups in total. The smallest absolute Gasteiger partial charge is 0.370 e. The lowest BCUT2D eigenvalue weighted by Gasteiger charge is -1.92. The van der Waals surface area contributed by atoms with E-state index in [1.165, 1.54) is 0 Å². The summed E-state index contributed by atoms with van der Waals surface area (Å²) in [6.07, 6.45) is 0. The van der Waals surface area contributed by atoms with Gasteiger partial charge in [-0.25, -0.2) is 4.57 Å². The van der Waals surface area contributed by atoms with E-state index in [-0.39, 0.29) is 8.41 Å². The maximum Gasteiger partial charge on any atom is 0.451 e. The molecule has 6 nitrogen and oxygen atoms in total. The van der Waals surface area contributed by atoms with Crippen molar-refractivity contribution in [3.05, 3.63) is 0 Å². The zero-order valence-corrected chi connectivity index (χ0v) is 5.32. The normalized spacial score (nSPS) is 9.56. The molecule has 0 amide bonds. The SMILES string of the molecule is NC(N)=NP(=O)(O)O.[B]. The summed E-state index contributed by atoms with van der Waals surface area (Å²) >= 11 is 0. The molecule has 0 heterocycles. The highest BCUT2D eigenvalue weighted by molar-refractivity contribution is 7.50. The zero-order valence-electron chi connectivity index (χ0n) is 4.43. The molecular weight excluding hydrogens is 144 g/mol. The third-order valence-corrected chi connectivity index (χ3v) is 0.737. The molecule has 0 bridgehead atoms. The number of nitrogens with zero attached hydrogens (tertiary/aromatic N) is 1. The third-order valence-electron chi connectivity index (χ3n) is 0.246. The summed E-state index contributed by atoms with van der Waals surface area (Å²) in [7, 11) is -4.38. The third kappa shape index (κ3) is 11.2. The lowest BCUT2D eigenvalue weighted by Crippen LogP contribution is -2.22. The summed E-state index contributed by atoms with van der Waals surface area (Å²) in [6.45, 7) is 0. The quantitative estimate of drug-likeness (QED) is 0.148. The van der Waals surface area contributed by atoms with Crippen molar-refractivity contribution in [1.82, 2.24) is 0 Å². The van der Waals surface area contributed by atoms with Crippen molar-refractivity contribution < 1.29 is 14.4 Å². The molecule has 0 aromatic rings. The Morgan fingerprint density at radius 2 is 1.78 bits per heavy atom. The zero-order chi connectivity index (χ0) is 6.78. The molecule has 0 aliphatic carbocycles. The molecule has 0 aromatic heterocycles. The van der Waals surface area contributed by atoms with Gasteiger partial charge in [0.2, 0.25) is 0 Å². The van der Waals surface area contributed by atoms with Gasteiger partial charge in [0.15, 0.2) is 5.96 Å². The summed E-state index contributed by atoms with van der Waals surface area (Å²) in [5.74, 6) is -0.613. The van der Waals surface area contributed by atoms with Gasteiger partial charge in [0.1, 0.15) is 0 Å². The molecule has 0 saturated heterocycles. The highest BCUT2D eigenvalue weighted by Crippen LogP contribution is 2.35. The van der Waals surface area contributed by atoms with E-state index in [4.69, 9.17) is 9.79 Å².